The van der Waals surface area contributed by atoms with Crippen LogP contribution in [0.3, 0.4) is 0 Å². The van der Waals surface area contributed by atoms with Gasteiger partial charge in [0.25, 0.3) is 0 Å². The van der Waals surface area contributed by atoms with Crippen molar-refractivity contribution in [2.75, 3.05) is 6.61 Å². The number of allylic oxidation sites excluding steroid dienone is 2. The number of carbonyl (C=O) groups excluding carboxylic acids is 2. The summed E-state index contributed by atoms with van der Waals surface area (Å²) in [7, 11) is 0. The standard InChI is InChI=1S/C24H24ClNO3S/c1-3-10-29-24(28)21-14(2)26-18-12-16(20-5-4-11-30-20)13-19(27)23(18)22(21)15-6-8-17(25)9-7-15/h4-9,11,16,21-22H,3,10,12-13H2,1-2H3/t16-,21?,22+/m0/s1. The molecule has 0 spiro atoms. The second-order valence-corrected chi connectivity index (χ2v) is 9.25. The number of benzene rings is 1. The minimum atomic E-state index is -0.598. The van der Waals surface area contributed by atoms with Gasteiger partial charge in [-0.25, -0.2) is 0 Å². The molecule has 0 radical (unpaired) electrons. The SMILES string of the molecule is CCCOC(=O)C1C(C)=NC2=C(C(=O)C[C@@H](c3cccs3)C2)[C@@H]1c1ccc(Cl)cc1. The molecule has 4 nitrogen and oxygen atoms in total. The summed E-state index contributed by atoms with van der Waals surface area (Å²) in [6.45, 7) is 4.18. The molecule has 2 aliphatic rings. The first-order valence-electron chi connectivity index (χ1n) is 10.3. The average molecular weight is 442 g/mol. The summed E-state index contributed by atoms with van der Waals surface area (Å²) < 4.78 is 5.49. The van der Waals surface area contributed by atoms with Crippen LogP contribution in [0.15, 0.2) is 58.0 Å². The number of rotatable bonds is 5. The molecule has 0 fully saturated rings. The quantitative estimate of drug-likeness (QED) is 0.540. The number of Topliss-reactive ketones (excluding diaryl/α,β-unsaturated/α-hetero) is 1. The van der Waals surface area contributed by atoms with E-state index in [9.17, 15) is 9.59 Å². The van der Waals surface area contributed by atoms with Crippen molar-refractivity contribution in [3.63, 3.8) is 0 Å². The molecular weight excluding hydrogens is 418 g/mol. The molecule has 1 unspecified atom stereocenters. The van der Waals surface area contributed by atoms with Gasteiger partial charge in [-0.2, -0.15) is 0 Å². The number of aliphatic imine (C=N–C) groups is 1. The Labute approximate surface area is 185 Å². The van der Waals surface area contributed by atoms with Crippen LogP contribution in [0, 0.1) is 5.92 Å². The van der Waals surface area contributed by atoms with Gasteiger partial charge in [-0.1, -0.05) is 36.7 Å². The van der Waals surface area contributed by atoms with Crippen molar-refractivity contribution in [2.45, 2.75) is 44.9 Å². The van der Waals surface area contributed by atoms with Gasteiger partial charge < -0.3 is 4.74 Å². The molecule has 2 heterocycles. The van der Waals surface area contributed by atoms with Crippen LogP contribution in [-0.4, -0.2) is 24.1 Å². The number of ketones is 1. The summed E-state index contributed by atoms with van der Waals surface area (Å²) in [6, 6.07) is 11.5. The minimum absolute atomic E-state index is 0.0686. The third kappa shape index (κ3) is 4.01. The Bertz CT molecular complexity index is 1010. The van der Waals surface area contributed by atoms with Crippen molar-refractivity contribution in [1.82, 2.24) is 0 Å². The monoisotopic (exact) mass is 441 g/mol. The molecule has 0 saturated carbocycles. The largest absolute Gasteiger partial charge is 0.465 e. The van der Waals surface area contributed by atoms with E-state index >= 15 is 0 Å². The molecule has 0 N–H and O–H groups in total. The second kappa shape index (κ2) is 8.86. The van der Waals surface area contributed by atoms with E-state index in [2.05, 4.69) is 6.07 Å². The minimum Gasteiger partial charge on any atom is -0.465 e. The van der Waals surface area contributed by atoms with Crippen LogP contribution >= 0.6 is 22.9 Å². The molecule has 4 rings (SSSR count). The van der Waals surface area contributed by atoms with Crippen LogP contribution in [0.5, 0.6) is 0 Å². The maximum atomic E-state index is 13.4. The second-order valence-electron chi connectivity index (χ2n) is 7.83. The van der Waals surface area contributed by atoms with Crippen LogP contribution in [-0.2, 0) is 14.3 Å². The number of nitrogens with zero attached hydrogens (tertiary/aromatic N) is 1. The Balaban J connectivity index is 1.78. The first kappa shape index (κ1) is 21.0. The van der Waals surface area contributed by atoms with Gasteiger partial charge in [0.05, 0.1) is 6.61 Å². The first-order chi connectivity index (χ1) is 14.5. The summed E-state index contributed by atoms with van der Waals surface area (Å²) in [5.41, 5.74) is 3.06. The van der Waals surface area contributed by atoms with Gasteiger partial charge in [-0.15, -0.1) is 11.3 Å². The van der Waals surface area contributed by atoms with E-state index in [0.29, 0.717) is 35.8 Å². The van der Waals surface area contributed by atoms with Gasteiger partial charge in [0, 0.05) is 45.1 Å². The van der Waals surface area contributed by atoms with Crippen LogP contribution < -0.4 is 0 Å². The number of carbonyl (C=O) groups is 2. The van der Waals surface area contributed by atoms with E-state index in [-0.39, 0.29) is 17.7 Å². The lowest BCUT2D eigenvalue weighted by atomic mass is 9.70. The van der Waals surface area contributed by atoms with E-state index in [4.69, 9.17) is 21.3 Å². The Morgan fingerprint density at radius 3 is 2.67 bits per heavy atom. The van der Waals surface area contributed by atoms with E-state index in [1.165, 1.54) is 4.88 Å². The van der Waals surface area contributed by atoms with Crippen molar-refractivity contribution in [3.05, 3.63) is 68.5 Å². The van der Waals surface area contributed by atoms with Crippen molar-refractivity contribution in [2.24, 2.45) is 10.9 Å². The highest BCUT2D eigenvalue weighted by molar-refractivity contribution is 7.10. The molecule has 30 heavy (non-hydrogen) atoms. The van der Waals surface area contributed by atoms with Gasteiger partial charge >= 0.3 is 5.97 Å². The number of thiophene rings is 1. The van der Waals surface area contributed by atoms with E-state index in [0.717, 1.165) is 17.7 Å². The molecule has 6 heteroatoms. The highest BCUT2D eigenvalue weighted by Gasteiger charge is 2.44. The number of esters is 1. The lowest BCUT2D eigenvalue weighted by molar-refractivity contribution is -0.146. The fourth-order valence-electron chi connectivity index (χ4n) is 4.41. The zero-order valence-electron chi connectivity index (χ0n) is 17.1. The molecule has 3 atom stereocenters. The summed E-state index contributed by atoms with van der Waals surface area (Å²) in [5.74, 6) is -1.10. The highest BCUT2D eigenvalue weighted by atomic mass is 35.5. The summed E-state index contributed by atoms with van der Waals surface area (Å²) in [5, 5.41) is 2.65. The molecule has 2 aromatic rings. The average Bonchev–Trinajstić information content (AvgIpc) is 3.26. The summed E-state index contributed by atoms with van der Waals surface area (Å²) in [4.78, 5) is 32.3. The molecule has 1 aliphatic carbocycles. The fourth-order valence-corrected chi connectivity index (χ4v) is 5.37. The van der Waals surface area contributed by atoms with Crippen LogP contribution in [0.2, 0.25) is 5.02 Å². The topological polar surface area (TPSA) is 55.7 Å². The summed E-state index contributed by atoms with van der Waals surface area (Å²) >= 11 is 7.77. The Morgan fingerprint density at radius 1 is 1.23 bits per heavy atom. The summed E-state index contributed by atoms with van der Waals surface area (Å²) in [6.07, 6.45) is 1.89. The van der Waals surface area contributed by atoms with Gasteiger partial charge in [0.1, 0.15) is 5.92 Å². The van der Waals surface area contributed by atoms with Crippen molar-refractivity contribution in [3.8, 4) is 0 Å². The van der Waals surface area contributed by atoms with Gasteiger partial charge in [0.2, 0.25) is 0 Å². The molecule has 0 saturated heterocycles. The molecule has 1 aliphatic heterocycles. The highest BCUT2D eigenvalue weighted by Crippen LogP contribution is 2.47. The van der Waals surface area contributed by atoms with E-state index in [1.807, 2.05) is 37.4 Å². The number of hydrogen-bond acceptors (Lipinski definition) is 5. The number of halogens is 1. The third-order valence-electron chi connectivity index (χ3n) is 5.77. The zero-order chi connectivity index (χ0) is 21.3. The Kier molecular flexibility index (Phi) is 6.21. The molecule has 0 bridgehead atoms. The zero-order valence-corrected chi connectivity index (χ0v) is 18.6. The predicted molar refractivity (Wildman–Crippen MR) is 120 cm³/mol. The maximum Gasteiger partial charge on any atom is 0.315 e. The van der Waals surface area contributed by atoms with E-state index in [1.54, 1.807) is 23.5 Å². The van der Waals surface area contributed by atoms with Crippen LogP contribution in [0.1, 0.15) is 55.4 Å². The lowest BCUT2D eigenvalue weighted by Gasteiger charge is -2.36. The van der Waals surface area contributed by atoms with Gasteiger partial charge in [-0.05, 0) is 48.9 Å². The fraction of sp³-hybridized carbons (Fsp3) is 0.375. The van der Waals surface area contributed by atoms with Gasteiger partial charge in [0.15, 0.2) is 5.78 Å². The van der Waals surface area contributed by atoms with Crippen molar-refractivity contribution in [1.29, 1.82) is 0 Å². The van der Waals surface area contributed by atoms with Crippen LogP contribution in [0.4, 0.5) is 0 Å². The van der Waals surface area contributed by atoms with Gasteiger partial charge in [-0.3, -0.25) is 14.6 Å². The van der Waals surface area contributed by atoms with Crippen LogP contribution in [0.25, 0.3) is 0 Å². The van der Waals surface area contributed by atoms with E-state index < -0.39 is 11.8 Å². The lowest BCUT2D eigenvalue weighted by Crippen LogP contribution is -2.38. The number of ether oxygens (including phenoxy) is 1. The molecule has 1 aromatic heterocycles. The third-order valence-corrected chi connectivity index (χ3v) is 7.05. The molecule has 1 aromatic carbocycles. The Morgan fingerprint density at radius 2 is 2.00 bits per heavy atom. The number of hydrogen-bond donors (Lipinski definition) is 0. The molecular formula is C24H24ClNO3S. The van der Waals surface area contributed by atoms with Crippen molar-refractivity contribution < 1.29 is 14.3 Å². The molecule has 0 amide bonds. The predicted octanol–water partition coefficient (Wildman–Crippen LogP) is 5.93. The smallest absolute Gasteiger partial charge is 0.315 e. The van der Waals surface area contributed by atoms with Crippen molar-refractivity contribution >= 4 is 40.4 Å². The maximum absolute atomic E-state index is 13.4. The normalized spacial score (nSPS) is 23.8. The molecule has 156 valence electrons. The Hall–Kier alpha value is -2.24. The first-order valence-corrected chi connectivity index (χ1v) is 11.5.